The predicted molar refractivity (Wildman–Crippen MR) is 55.1 cm³/mol. The Morgan fingerprint density at radius 1 is 1.64 bits per heavy atom. The van der Waals surface area contributed by atoms with Crippen molar-refractivity contribution < 1.29 is 4.74 Å². The van der Waals surface area contributed by atoms with Gasteiger partial charge in [-0.25, -0.2) is 0 Å². The monoisotopic (exact) mass is 198 g/mol. The molecule has 0 N–H and O–H groups in total. The van der Waals surface area contributed by atoms with E-state index in [1.54, 1.807) is 0 Å². The van der Waals surface area contributed by atoms with Gasteiger partial charge in [-0.3, -0.25) is 4.90 Å². The molecule has 0 saturated carbocycles. The lowest BCUT2D eigenvalue weighted by molar-refractivity contribution is 0.0865. The maximum absolute atomic E-state index is 8.16. The molecular formula is C9H18N4O. The first-order valence-electron chi connectivity index (χ1n) is 5.21. The molecule has 0 bridgehead atoms. The molecule has 0 spiro atoms. The number of hydrogen-bond donors (Lipinski definition) is 0. The van der Waals surface area contributed by atoms with E-state index in [9.17, 15) is 0 Å². The number of azide groups is 1. The third-order valence-electron chi connectivity index (χ3n) is 2.56. The average Bonchev–Trinajstić information content (AvgIpc) is 2.63. The summed E-state index contributed by atoms with van der Waals surface area (Å²) >= 11 is 0. The second kappa shape index (κ2) is 6.65. The first kappa shape index (κ1) is 11.3. The largest absolute Gasteiger partial charge is 0.380 e. The van der Waals surface area contributed by atoms with Crippen LogP contribution in [0, 0.1) is 0 Å². The maximum atomic E-state index is 8.16. The third-order valence-corrected chi connectivity index (χ3v) is 2.56. The van der Waals surface area contributed by atoms with Crippen molar-refractivity contribution in [2.24, 2.45) is 5.11 Å². The van der Waals surface area contributed by atoms with Crippen LogP contribution in [0.1, 0.15) is 19.8 Å². The van der Waals surface area contributed by atoms with Crippen LogP contribution in [-0.4, -0.2) is 43.8 Å². The highest BCUT2D eigenvalue weighted by atomic mass is 16.5. The number of hydrogen-bond acceptors (Lipinski definition) is 3. The SMILES string of the molecule is CCOC[C@@H]1CCCN1CCN=[N+]=[N-]. The number of rotatable bonds is 6. The molecule has 0 aliphatic carbocycles. The van der Waals surface area contributed by atoms with E-state index < -0.39 is 0 Å². The van der Waals surface area contributed by atoms with Crippen molar-refractivity contribution in [2.45, 2.75) is 25.8 Å². The normalized spacial score (nSPS) is 22.2. The molecule has 1 atom stereocenters. The van der Waals surface area contributed by atoms with Crippen molar-refractivity contribution in [3.8, 4) is 0 Å². The quantitative estimate of drug-likeness (QED) is 0.371. The second-order valence-corrected chi connectivity index (χ2v) is 3.45. The molecule has 14 heavy (non-hydrogen) atoms. The van der Waals surface area contributed by atoms with Crippen LogP contribution in [-0.2, 0) is 4.74 Å². The fourth-order valence-electron chi connectivity index (χ4n) is 1.85. The van der Waals surface area contributed by atoms with Gasteiger partial charge in [0, 0.05) is 30.6 Å². The van der Waals surface area contributed by atoms with E-state index in [1.807, 2.05) is 6.92 Å². The highest BCUT2D eigenvalue weighted by Gasteiger charge is 2.23. The van der Waals surface area contributed by atoms with Gasteiger partial charge >= 0.3 is 0 Å². The van der Waals surface area contributed by atoms with Gasteiger partial charge in [0.1, 0.15) is 0 Å². The van der Waals surface area contributed by atoms with Gasteiger partial charge in [-0.2, -0.15) is 0 Å². The highest BCUT2D eigenvalue weighted by Crippen LogP contribution is 2.16. The smallest absolute Gasteiger partial charge is 0.0621 e. The van der Waals surface area contributed by atoms with Crippen LogP contribution < -0.4 is 0 Å². The van der Waals surface area contributed by atoms with Crippen molar-refractivity contribution in [1.82, 2.24) is 4.90 Å². The van der Waals surface area contributed by atoms with Gasteiger partial charge in [-0.1, -0.05) is 5.11 Å². The number of ether oxygens (including phenoxy) is 1. The van der Waals surface area contributed by atoms with Gasteiger partial charge in [0.2, 0.25) is 0 Å². The van der Waals surface area contributed by atoms with E-state index in [-0.39, 0.29) is 0 Å². The van der Waals surface area contributed by atoms with Gasteiger partial charge in [0.05, 0.1) is 6.61 Å². The zero-order valence-electron chi connectivity index (χ0n) is 8.72. The van der Waals surface area contributed by atoms with Crippen molar-refractivity contribution >= 4 is 0 Å². The maximum Gasteiger partial charge on any atom is 0.0621 e. The minimum atomic E-state index is 0.531. The molecular weight excluding hydrogens is 180 g/mol. The summed E-state index contributed by atoms with van der Waals surface area (Å²) in [6.07, 6.45) is 2.43. The van der Waals surface area contributed by atoms with E-state index in [0.29, 0.717) is 12.6 Å². The van der Waals surface area contributed by atoms with Crippen molar-refractivity contribution in [1.29, 1.82) is 0 Å². The van der Waals surface area contributed by atoms with Crippen molar-refractivity contribution in [2.75, 3.05) is 32.8 Å². The average molecular weight is 198 g/mol. The summed E-state index contributed by atoms with van der Waals surface area (Å²) in [6.45, 7) is 6.15. The summed E-state index contributed by atoms with van der Waals surface area (Å²) in [5, 5.41) is 3.55. The molecule has 0 aromatic carbocycles. The molecule has 0 aromatic rings. The minimum Gasteiger partial charge on any atom is -0.380 e. The molecule has 0 aromatic heterocycles. The van der Waals surface area contributed by atoms with Gasteiger partial charge in [0.15, 0.2) is 0 Å². The van der Waals surface area contributed by atoms with E-state index in [2.05, 4.69) is 14.9 Å². The third kappa shape index (κ3) is 3.54. The van der Waals surface area contributed by atoms with E-state index in [4.69, 9.17) is 10.3 Å². The van der Waals surface area contributed by atoms with Gasteiger partial charge in [-0.15, -0.1) is 0 Å². The Morgan fingerprint density at radius 3 is 3.21 bits per heavy atom. The predicted octanol–water partition coefficient (Wildman–Crippen LogP) is 1.80. The zero-order valence-corrected chi connectivity index (χ0v) is 8.72. The van der Waals surface area contributed by atoms with Crippen LogP contribution in [0.2, 0.25) is 0 Å². The van der Waals surface area contributed by atoms with E-state index >= 15 is 0 Å². The molecule has 1 aliphatic heterocycles. The van der Waals surface area contributed by atoms with Crippen molar-refractivity contribution in [3.05, 3.63) is 10.4 Å². The summed E-state index contributed by atoms with van der Waals surface area (Å²) < 4.78 is 5.41. The Balaban J connectivity index is 2.23. The van der Waals surface area contributed by atoms with Crippen LogP contribution in [0.4, 0.5) is 0 Å². The Kier molecular flexibility index (Phi) is 5.37. The fourth-order valence-corrected chi connectivity index (χ4v) is 1.85. The molecule has 5 heteroatoms. The molecule has 1 aliphatic rings. The van der Waals surface area contributed by atoms with E-state index in [0.717, 1.165) is 26.3 Å². The first-order chi connectivity index (χ1) is 6.88. The minimum absolute atomic E-state index is 0.531. The molecule has 1 rings (SSSR count). The topological polar surface area (TPSA) is 61.2 Å². The molecule has 5 nitrogen and oxygen atoms in total. The Labute approximate surface area is 84.7 Å². The lowest BCUT2D eigenvalue weighted by Crippen LogP contribution is -2.34. The Morgan fingerprint density at radius 2 is 2.50 bits per heavy atom. The molecule has 1 fully saturated rings. The molecule has 1 heterocycles. The number of nitrogens with zero attached hydrogens (tertiary/aromatic N) is 4. The van der Waals surface area contributed by atoms with Crippen LogP contribution in [0.5, 0.6) is 0 Å². The Hall–Kier alpha value is -0.770. The van der Waals surface area contributed by atoms with Crippen LogP contribution in [0.25, 0.3) is 10.4 Å². The summed E-state index contributed by atoms with van der Waals surface area (Å²) in [5.74, 6) is 0. The lowest BCUT2D eigenvalue weighted by Gasteiger charge is -2.23. The summed E-state index contributed by atoms with van der Waals surface area (Å²) in [6, 6.07) is 0.531. The zero-order chi connectivity index (χ0) is 10.2. The van der Waals surface area contributed by atoms with Crippen molar-refractivity contribution in [3.63, 3.8) is 0 Å². The summed E-state index contributed by atoms with van der Waals surface area (Å²) in [4.78, 5) is 5.10. The second-order valence-electron chi connectivity index (χ2n) is 3.45. The van der Waals surface area contributed by atoms with Crippen LogP contribution in [0.15, 0.2) is 5.11 Å². The van der Waals surface area contributed by atoms with Gasteiger partial charge in [-0.05, 0) is 31.8 Å². The first-order valence-corrected chi connectivity index (χ1v) is 5.21. The van der Waals surface area contributed by atoms with Gasteiger partial charge in [0.25, 0.3) is 0 Å². The van der Waals surface area contributed by atoms with Crippen LogP contribution >= 0.6 is 0 Å². The number of likely N-dealkylation sites (tertiary alicyclic amines) is 1. The standard InChI is InChI=1S/C9H18N4O/c1-2-14-8-9-4-3-6-13(9)7-5-11-12-10/h9H,2-8H2,1H3/t9-/m0/s1. The highest BCUT2D eigenvalue weighted by molar-refractivity contribution is 4.79. The summed E-state index contributed by atoms with van der Waals surface area (Å²) in [5.41, 5.74) is 8.16. The molecule has 0 unspecified atom stereocenters. The molecule has 0 radical (unpaired) electrons. The summed E-state index contributed by atoms with van der Waals surface area (Å²) in [7, 11) is 0. The van der Waals surface area contributed by atoms with E-state index in [1.165, 1.54) is 12.8 Å². The molecule has 80 valence electrons. The lowest BCUT2D eigenvalue weighted by atomic mass is 10.2. The fraction of sp³-hybridized carbons (Fsp3) is 1.00. The van der Waals surface area contributed by atoms with Crippen LogP contribution in [0.3, 0.4) is 0 Å². The molecule has 1 saturated heterocycles. The van der Waals surface area contributed by atoms with Gasteiger partial charge < -0.3 is 4.74 Å². The molecule has 0 amide bonds. The Bertz CT molecular complexity index is 203.